The summed E-state index contributed by atoms with van der Waals surface area (Å²) in [6, 6.07) is 66.2. The van der Waals surface area contributed by atoms with E-state index < -0.39 is 0 Å². The molecule has 8 aromatic rings. The number of amidine groups is 1. The van der Waals surface area contributed by atoms with Crippen LogP contribution in [0.2, 0.25) is 0 Å². The highest BCUT2D eigenvalue weighted by Gasteiger charge is 2.35. The second-order valence-electron chi connectivity index (χ2n) is 17.6. The van der Waals surface area contributed by atoms with Gasteiger partial charge in [0.15, 0.2) is 23.3 Å². The Bertz CT molecular complexity index is 3100. The first kappa shape index (κ1) is 43.0. The van der Waals surface area contributed by atoms with E-state index in [-0.39, 0.29) is 5.41 Å². The van der Waals surface area contributed by atoms with Crippen LogP contribution in [-0.2, 0) is 5.41 Å². The Balaban J connectivity index is 0.948. The number of hydrogen-bond acceptors (Lipinski definition) is 4. The largest absolute Gasteiger partial charge is 0.233 e. The summed E-state index contributed by atoms with van der Waals surface area (Å²) in [6.45, 7) is 6.45. The monoisotopic (exact) mass is 867 g/mol. The molecule has 1 heterocycles. The van der Waals surface area contributed by atoms with Gasteiger partial charge in [-0.3, -0.25) is 0 Å². The molecule has 0 spiro atoms. The molecule has 2 aliphatic carbocycles. The van der Waals surface area contributed by atoms with Gasteiger partial charge in [-0.1, -0.05) is 232 Å². The lowest BCUT2D eigenvalue weighted by Crippen LogP contribution is -2.30. The van der Waals surface area contributed by atoms with Crippen LogP contribution >= 0.6 is 0 Å². The molecular formula is C62H53N5. The Kier molecular flexibility index (Phi) is 12.6. The minimum atomic E-state index is -0.105. The summed E-state index contributed by atoms with van der Waals surface area (Å²) in [6.07, 6.45) is 14.3. The maximum atomic E-state index is 5.22. The molecule has 0 saturated heterocycles. The van der Waals surface area contributed by atoms with Gasteiger partial charge in [-0.25, -0.2) is 24.9 Å². The fourth-order valence-corrected chi connectivity index (χ4v) is 9.50. The number of aliphatic imine (C=N–C) groups is 2. The zero-order valence-electron chi connectivity index (χ0n) is 38.0. The highest BCUT2D eigenvalue weighted by atomic mass is 15.0. The van der Waals surface area contributed by atoms with Crippen molar-refractivity contribution in [2.45, 2.75) is 57.3 Å². The fraction of sp³-hybridized carbons (Fsp3) is 0.145. The number of allylic oxidation sites excluding steroid dienone is 3. The summed E-state index contributed by atoms with van der Waals surface area (Å²) in [5, 5.41) is 0. The molecule has 5 heteroatoms. The molecule has 0 N–H and O–H groups in total. The topological polar surface area (TPSA) is 63.4 Å². The minimum absolute atomic E-state index is 0.105. The van der Waals surface area contributed by atoms with E-state index in [0.717, 1.165) is 81.6 Å². The molecular weight excluding hydrogens is 815 g/mol. The smallest absolute Gasteiger partial charge is 0.164 e. The molecule has 1 aromatic heterocycles. The Morgan fingerprint density at radius 3 is 1.37 bits per heavy atom. The van der Waals surface area contributed by atoms with Crippen molar-refractivity contribution in [3.8, 4) is 56.4 Å². The third-order valence-corrected chi connectivity index (χ3v) is 13.3. The molecule has 326 valence electrons. The highest BCUT2D eigenvalue weighted by Crippen LogP contribution is 2.45. The van der Waals surface area contributed by atoms with E-state index >= 15 is 0 Å². The molecule has 0 bridgehead atoms. The Labute approximate surface area is 394 Å². The first-order valence-corrected chi connectivity index (χ1v) is 23.5. The number of rotatable bonds is 11. The SMILES string of the molecule is C=C(/N=C(\N=C(/C)c1ccc(C2(c3ccc(-c4nc(-c5ccccc5)nc(-c5ccc(-c6ccccc6)cc5)n4)cc3)CCCCC2)cc1)c1ccc(-c2ccccc2)cc1)C1=CCCC=C1. The van der Waals surface area contributed by atoms with Gasteiger partial charge < -0.3 is 0 Å². The zero-order chi connectivity index (χ0) is 45.4. The Morgan fingerprint density at radius 1 is 0.448 bits per heavy atom. The van der Waals surface area contributed by atoms with E-state index in [2.05, 4.69) is 189 Å². The van der Waals surface area contributed by atoms with Gasteiger partial charge in [-0.05, 0) is 77.1 Å². The quantitative estimate of drug-likeness (QED) is 0.0961. The van der Waals surface area contributed by atoms with Crippen molar-refractivity contribution in [1.82, 2.24) is 15.0 Å². The van der Waals surface area contributed by atoms with Crippen LogP contribution < -0.4 is 0 Å². The lowest BCUT2D eigenvalue weighted by Gasteiger charge is -2.39. The number of hydrogen-bond donors (Lipinski definition) is 0. The van der Waals surface area contributed by atoms with Crippen LogP contribution in [0.3, 0.4) is 0 Å². The van der Waals surface area contributed by atoms with Crippen molar-refractivity contribution in [3.05, 3.63) is 246 Å². The number of aromatic nitrogens is 3. The van der Waals surface area contributed by atoms with E-state index in [1.807, 2.05) is 30.3 Å². The Morgan fingerprint density at radius 2 is 0.866 bits per heavy atom. The zero-order valence-corrected chi connectivity index (χ0v) is 38.0. The summed E-state index contributed by atoms with van der Waals surface area (Å²) in [5.41, 5.74) is 14.8. The third-order valence-electron chi connectivity index (χ3n) is 13.3. The summed E-state index contributed by atoms with van der Waals surface area (Å²) in [7, 11) is 0. The average molecular weight is 868 g/mol. The van der Waals surface area contributed by atoms with Gasteiger partial charge in [0.05, 0.1) is 5.70 Å². The molecule has 1 saturated carbocycles. The molecule has 67 heavy (non-hydrogen) atoms. The van der Waals surface area contributed by atoms with E-state index in [0.29, 0.717) is 23.3 Å². The van der Waals surface area contributed by atoms with Crippen LogP contribution in [0.1, 0.15) is 74.1 Å². The van der Waals surface area contributed by atoms with Crippen LogP contribution in [0.4, 0.5) is 0 Å². The molecule has 7 aromatic carbocycles. The van der Waals surface area contributed by atoms with Crippen molar-refractivity contribution in [2.75, 3.05) is 0 Å². The van der Waals surface area contributed by atoms with E-state index in [9.17, 15) is 0 Å². The lowest BCUT2D eigenvalue weighted by molar-refractivity contribution is 0.346. The molecule has 2 aliphatic rings. The molecule has 0 atom stereocenters. The third kappa shape index (κ3) is 9.59. The van der Waals surface area contributed by atoms with Crippen molar-refractivity contribution in [2.24, 2.45) is 9.98 Å². The highest BCUT2D eigenvalue weighted by molar-refractivity contribution is 6.12. The predicted octanol–water partition coefficient (Wildman–Crippen LogP) is 15.5. The van der Waals surface area contributed by atoms with Crippen LogP contribution in [0.15, 0.2) is 234 Å². The van der Waals surface area contributed by atoms with Gasteiger partial charge in [-0.15, -0.1) is 0 Å². The summed E-state index contributed by atoms with van der Waals surface area (Å²) < 4.78 is 0. The van der Waals surface area contributed by atoms with E-state index in [4.69, 9.17) is 24.9 Å². The van der Waals surface area contributed by atoms with Crippen LogP contribution in [0.25, 0.3) is 56.4 Å². The van der Waals surface area contributed by atoms with Gasteiger partial charge in [0.1, 0.15) is 0 Å². The lowest BCUT2D eigenvalue weighted by atomic mass is 9.65. The Hall–Kier alpha value is -7.89. The van der Waals surface area contributed by atoms with Gasteiger partial charge in [0.25, 0.3) is 0 Å². The van der Waals surface area contributed by atoms with Crippen molar-refractivity contribution in [3.63, 3.8) is 0 Å². The molecule has 0 unspecified atom stereocenters. The maximum Gasteiger partial charge on any atom is 0.164 e. The second-order valence-corrected chi connectivity index (χ2v) is 17.6. The molecule has 5 nitrogen and oxygen atoms in total. The van der Waals surface area contributed by atoms with Crippen molar-refractivity contribution in [1.29, 1.82) is 0 Å². The van der Waals surface area contributed by atoms with E-state index in [1.54, 1.807) is 0 Å². The normalized spacial score (nSPS) is 14.9. The first-order chi connectivity index (χ1) is 33.0. The van der Waals surface area contributed by atoms with Crippen LogP contribution in [0.5, 0.6) is 0 Å². The van der Waals surface area contributed by atoms with E-state index in [1.165, 1.54) is 41.5 Å². The summed E-state index contributed by atoms with van der Waals surface area (Å²) in [4.78, 5) is 25.4. The predicted molar refractivity (Wildman–Crippen MR) is 278 cm³/mol. The number of nitrogens with zero attached hydrogens (tertiary/aromatic N) is 5. The van der Waals surface area contributed by atoms with Gasteiger partial charge in [0, 0.05) is 33.4 Å². The summed E-state index contributed by atoms with van der Waals surface area (Å²) in [5.74, 6) is 2.61. The molecule has 10 rings (SSSR count). The van der Waals surface area contributed by atoms with Gasteiger partial charge in [-0.2, -0.15) is 0 Å². The fourth-order valence-electron chi connectivity index (χ4n) is 9.50. The number of benzene rings is 7. The summed E-state index contributed by atoms with van der Waals surface area (Å²) >= 11 is 0. The average Bonchev–Trinajstić information content (AvgIpc) is 3.42. The van der Waals surface area contributed by atoms with Crippen LogP contribution in [-0.4, -0.2) is 26.5 Å². The second kappa shape index (κ2) is 19.7. The van der Waals surface area contributed by atoms with Gasteiger partial charge in [0.2, 0.25) is 0 Å². The molecule has 0 radical (unpaired) electrons. The van der Waals surface area contributed by atoms with Gasteiger partial charge >= 0.3 is 0 Å². The molecule has 0 aliphatic heterocycles. The van der Waals surface area contributed by atoms with Crippen LogP contribution in [0, 0.1) is 0 Å². The first-order valence-electron chi connectivity index (χ1n) is 23.5. The maximum absolute atomic E-state index is 5.22. The minimum Gasteiger partial charge on any atom is -0.233 e. The molecule has 0 amide bonds. The molecule has 1 fully saturated rings. The van der Waals surface area contributed by atoms with Crippen molar-refractivity contribution >= 4 is 11.5 Å². The standard InChI is InChI=1S/C62H53N5/c1-44(46-18-8-3-9-19-46)63-58(53-30-26-50(27-31-53)48-20-10-4-11-21-48)64-45(2)47-34-38-56(39-35-47)62(42-16-7-17-43-62)57-40-36-55(37-41-57)61-66-59(52-24-14-6-15-25-52)65-60(67-61)54-32-28-51(29-33-54)49-22-12-5-13-23-49/h4-6,8,10-15,18-41H,1,3,7,9,16-17,42-43H2,2H3/b63-58-,64-45+. The van der Waals surface area contributed by atoms with Crippen molar-refractivity contribution < 1.29 is 0 Å².